The van der Waals surface area contributed by atoms with Crippen LogP contribution in [0.5, 0.6) is 0 Å². The zero-order valence-corrected chi connectivity index (χ0v) is 20.4. The molecule has 1 fully saturated rings. The Balaban J connectivity index is 0.00000420. The number of halogens is 1. The highest BCUT2D eigenvalue weighted by molar-refractivity contribution is 14.0. The molecule has 0 saturated carbocycles. The van der Waals surface area contributed by atoms with Gasteiger partial charge >= 0.3 is 6.03 Å². The van der Waals surface area contributed by atoms with Crippen LogP contribution < -0.4 is 16.0 Å². The molecule has 8 heteroatoms. The number of carbonyl (C=O) groups excluding carboxylic acids is 2. The van der Waals surface area contributed by atoms with Gasteiger partial charge in [-0.1, -0.05) is 31.2 Å². The highest BCUT2D eigenvalue weighted by atomic mass is 127. The number of carbonyl (C=O) groups is 2. The van der Waals surface area contributed by atoms with Crippen LogP contribution in [0, 0.1) is 6.92 Å². The Labute approximate surface area is 191 Å². The van der Waals surface area contributed by atoms with Gasteiger partial charge in [0.2, 0.25) is 0 Å². The molecular weight excluding hydrogens is 481 g/mol. The molecule has 2 unspecified atom stereocenters. The van der Waals surface area contributed by atoms with Crippen LogP contribution in [0.15, 0.2) is 29.3 Å². The number of benzene rings is 1. The van der Waals surface area contributed by atoms with Gasteiger partial charge in [0.1, 0.15) is 5.54 Å². The summed E-state index contributed by atoms with van der Waals surface area (Å²) in [5, 5.41) is 9.45. The smallest absolute Gasteiger partial charge is 0.325 e. The third-order valence-corrected chi connectivity index (χ3v) is 5.21. The van der Waals surface area contributed by atoms with E-state index in [0.717, 1.165) is 12.5 Å². The summed E-state index contributed by atoms with van der Waals surface area (Å²) in [6, 6.07) is 8.09. The molecule has 0 bridgehead atoms. The van der Waals surface area contributed by atoms with Gasteiger partial charge in [-0.2, -0.15) is 0 Å². The minimum Gasteiger partial charge on any atom is -0.357 e. The van der Waals surface area contributed by atoms with E-state index >= 15 is 0 Å². The Kier molecular flexibility index (Phi) is 9.88. The lowest BCUT2D eigenvalue weighted by Crippen LogP contribution is -2.43. The van der Waals surface area contributed by atoms with Gasteiger partial charge < -0.3 is 16.0 Å². The van der Waals surface area contributed by atoms with Gasteiger partial charge in [-0.15, -0.1) is 24.0 Å². The van der Waals surface area contributed by atoms with Gasteiger partial charge in [0.15, 0.2) is 5.96 Å². The van der Waals surface area contributed by atoms with Crippen molar-refractivity contribution in [3.63, 3.8) is 0 Å². The lowest BCUT2D eigenvalue weighted by atomic mass is 9.99. The first-order chi connectivity index (χ1) is 13.3. The molecule has 3 amide bonds. The van der Waals surface area contributed by atoms with Crippen molar-refractivity contribution in [3.8, 4) is 0 Å². The van der Waals surface area contributed by atoms with Gasteiger partial charge in [0, 0.05) is 19.6 Å². The van der Waals surface area contributed by atoms with Crippen molar-refractivity contribution in [1.29, 1.82) is 0 Å². The van der Waals surface area contributed by atoms with Crippen LogP contribution in [-0.2, 0) is 4.79 Å². The maximum atomic E-state index is 12.4. The Morgan fingerprint density at radius 2 is 1.97 bits per heavy atom. The Morgan fingerprint density at radius 3 is 2.55 bits per heavy atom. The molecule has 1 heterocycles. The minimum atomic E-state index is -0.778. The SMILES string of the molecule is CCNC(=NCCCN1C(=O)NC(C)(CC)C1=O)NC(C)c1ccccc1C.I. The first-order valence-corrected chi connectivity index (χ1v) is 10.1. The minimum absolute atomic E-state index is 0. The van der Waals surface area contributed by atoms with Crippen molar-refractivity contribution < 1.29 is 9.59 Å². The molecule has 1 aliphatic heterocycles. The summed E-state index contributed by atoms with van der Waals surface area (Å²) < 4.78 is 0. The first-order valence-electron chi connectivity index (χ1n) is 10.1. The average molecular weight is 515 g/mol. The van der Waals surface area contributed by atoms with E-state index in [1.165, 1.54) is 16.0 Å². The summed E-state index contributed by atoms with van der Waals surface area (Å²) in [6.45, 7) is 11.5. The van der Waals surface area contributed by atoms with Crippen LogP contribution in [0.1, 0.15) is 57.7 Å². The zero-order valence-electron chi connectivity index (χ0n) is 18.0. The van der Waals surface area contributed by atoms with Crippen molar-refractivity contribution in [2.45, 2.75) is 59.0 Å². The van der Waals surface area contributed by atoms with Gasteiger partial charge in [-0.05, 0) is 51.7 Å². The summed E-state index contributed by atoms with van der Waals surface area (Å²) in [5.74, 6) is 0.580. The summed E-state index contributed by atoms with van der Waals surface area (Å²) in [4.78, 5) is 30.4. The number of nitrogens with zero attached hydrogens (tertiary/aromatic N) is 2. The Hall–Kier alpha value is -1.84. The van der Waals surface area contributed by atoms with Gasteiger partial charge in [-0.25, -0.2) is 4.79 Å². The number of hydrogen-bond donors (Lipinski definition) is 3. The van der Waals surface area contributed by atoms with Crippen molar-refractivity contribution in [2.24, 2.45) is 4.99 Å². The van der Waals surface area contributed by atoms with E-state index < -0.39 is 5.54 Å². The number of amides is 3. The van der Waals surface area contributed by atoms with Crippen molar-refractivity contribution >= 4 is 41.9 Å². The number of urea groups is 1. The second kappa shape index (κ2) is 11.4. The maximum absolute atomic E-state index is 12.4. The van der Waals surface area contributed by atoms with Gasteiger partial charge in [0.05, 0.1) is 6.04 Å². The highest BCUT2D eigenvalue weighted by Gasteiger charge is 2.45. The van der Waals surface area contributed by atoms with Crippen LogP contribution in [0.25, 0.3) is 0 Å². The number of guanidine groups is 1. The van der Waals surface area contributed by atoms with Crippen LogP contribution in [0.4, 0.5) is 4.79 Å². The van der Waals surface area contributed by atoms with E-state index in [9.17, 15) is 9.59 Å². The number of rotatable bonds is 8. The zero-order chi connectivity index (χ0) is 20.7. The summed E-state index contributed by atoms with van der Waals surface area (Å²) in [7, 11) is 0. The topological polar surface area (TPSA) is 85.8 Å². The molecule has 0 radical (unpaired) electrons. The summed E-state index contributed by atoms with van der Waals surface area (Å²) in [5.41, 5.74) is 1.68. The normalized spacial score (nSPS) is 20.2. The summed E-state index contributed by atoms with van der Waals surface area (Å²) in [6.07, 6.45) is 1.20. The van der Waals surface area contributed by atoms with Gasteiger partial charge in [0.25, 0.3) is 5.91 Å². The quantitative estimate of drug-likeness (QED) is 0.163. The fourth-order valence-electron chi connectivity index (χ4n) is 3.28. The second-order valence-corrected chi connectivity index (χ2v) is 7.41. The molecular formula is C21H34IN5O2. The number of nitrogens with one attached hydrogen (secondary N) is 3. The van der Waals surface area contributed by atoms with E-state index in [0.29, 0.717) is 25.9 Å². The van der Waals surface area contributed by atoms with Crippen molar-refractivity contribution in [3.05, 3.63) is 35.4 Å². The molecule has 3 N–H and O–H groups in total. The van der Waals surface area contributed by atoms with E-state index in [1.54, 1.807) is 6.92 Å². The third kappa shape index (κ3) is 6.32. The van der Waals surface area contributed by atoms with E-state index in [1.807, 2.05) is 26.0 Å². The highest BCUT2D eigenvalue weighted by Crippen LogP contribution is 2.21. The largest absolute Gasteiger partial charge is 0.357 e. The molecule has 162 valence electrons. The van der Waals surface area contributed by atoms with Crippen LogP contribution in [0.2, 0.25) is 0 Å². The lowest BCUT2D eigenvalue weighted by Gasteiger charge is -2.20. The van der Waals surface area contributed by atoms with Crippen molar-refractivity contribution in [2.75, 3.05) is 19.6 Å². The molecule has 1 aliphatic rings. The monoisotopic (exact) mass is 515 g/mol. The average Bonchev–Trinajstić information content (AvgIpc) is 2.88. The Bertz CT molecular complexity index is 740. The molecule has 1 saturated heterocycles. The molecule has 0 aromatic heterocycles. The molecule has 2 rings (SSSR count). The molecule has 7 nitrogen and oxygen atoms in total. The fourth-order valence-corrected chi connectivity index (χ4v) is 3.28. The molecule has 0 spiro atoms. The second-order valence-electron chi connectivity index (χ2n) is 7.41. The molecule has 1 aromatic carbocycles. The van der Waals surface area contributed by atoms with Gasteiger partial charge in [-0.3, -0.25) is 14.7 Å². The fraction of sp³-hybridized carbons (Fsp3) is 0.571. The predicted molar refractivity (Wildman–Crippen MR) is 128 cm³/mol. The van der Waals surface area contributed by atoms with E-state index in [4.69, 9.17) is 0 Å². The number of imide groups is 1. The van der Waals surface area contributed by atoms with Crippen LogP contribution >= 0.6 is 24.0 Å². The molecule has 1 aromatic rings. The van der Waals surface area contributed by atoms with Crippen LogP contribution in [-0.4, -0.2) is 48.0 Å². The van der Waals surface area contributed by atoms with Crippen molar-refractivity contribution in [1.82, 2.24) is 20.9 Å². The molecule has 29 heavy (non-hydrogen) atoms. The maximum Gasteiger partial charge on any atom is 0.325 e. The standard InChI is InChI=1S/C21H33N5O2.HI/c1-6-21(5)18(27)26(20(28)25-21)14-10-13-23-19(22-7-2)24-16(4)17-12-9-8-11-15(17)3;/h8-9,11-12,16H,6-7,10,13-14H2,1-5H3,(H,25,28)(H2,22,23,24);1H. The number of aryl methyl sites for hydroxylation is 1. The van der Waals surface area contributed by atoms with E-state index in [-0.39, 0.29) is 42.0 Å². The number of hydrogen-bond acceptors (Lipinski definition) is 3. The summed E-state index contributed by atoms with van der Waals surface area (Å²) >= 11 is 0. The molecule has 2 atom stereocenters. The van der Waals surface area contributed by atoms with Crippen LogP contribution in [0.3, 0.4) is 0 Å². The third-order valence-electron chi connectivity index (χ3n) is 5.21. The van der Waals surface area contributed by atoms with E-state index in [2.05, 4.69) is 46.9 Å². The number of aliphatic imine (C=N–C) groups is 1. The Morgan fingerprint density at radius 1 is 1.28 bits per heavy atom. The predicted octanol–water partition coefficient (Wildman–Crippen LogP) is 3.34. The first kappa shape index (κ1) is 25.2. The molecule has 0 aliphatic carbocycles. The lowest BCUT2D eigenvalue weighted by molar-refractivity contribution is -0.130.